The van der Waals surface area contributed by atoms with E-state index < -0.39 is 0 Å². The molecule has 2 saturated carbocycles. The van der Waals surface area contributed by atoms with Gasteiger partial charge in [0.05, 0.1) is 12.5 Å². The van der Waals surface area contributed by atoms with Crippen molar-refractivity contribution in [3.8, 4) is 0 Å². The number of amides is 2. The van der Waals surface area contributed by atoms with Crippen molar-refractivity contribution >= 4 is 23.6 Å². The molecule has 118 valence electrons. The number of thioether (sulfide) groups is 1. The van der Waals surface area contributed by atoms with Gasteiger partial charge in [0.1, 0.15) is 0 Å². The number of imide groups is 1. The van der Waals surface area contributed by atoms with Gasteiger partial charge in [0.2, 0.25) is 11.8 Å². The highest BCUT2D eigenvalue weighted by Crippen LogP contribution is 2.46. The Balaban J connectivity index is 1.59. The van der Waals surface area contributed by atoms with Crippen molar-refractivity contribution in [1.82, 2.24) is 10.2 Å². The van der Waals surface area contributed by atoms with Crippen molar-refractivity contribution in [1.29, 1.82) is 0 Å². The van der Waals surface area contributed by atoms with Gasteiger partial charge < -0.3 is 5.32 Å². The maximum absolute atomic E-state index is 12.6. The maximum atomic E-state index is 12.6. The van der Waals surface area contributed by atoms with Crippen LogP contribution in [0.15, 0.2) is 0 Å². The standard InChI is InChI=1S/C16H26N2O2S/c1-21-16(8-9-16)11-17-13-10-14(19)18(15(13)20)12-6-4-2-3-5-7-12/h12-13,17H,2-11H2,1H3. The summed E-state index contributed by atoms with van der Waals surface area (Å²) in [5.41, 5.74) is 0. The molecule has 1 unspecified atom stereocenters. The summed E-state index contributed by atoms with van der Waals surface area (Å²) in [6.07, 6.45) is 11.7. The third kappa shape index (κ3) is 3.29. The average Bonchev–Trinajstić information content (AvgIpc) is 3.24. The number of hydrogen-bond acceptors (Lipinski definition) is 4. The first kappa shape index (κ1) is 15.3. The number of nitrogens with zero attached hydrogens (tertiary/aromatic N) is 1. The average molecular weight is 310 g/mol. The van der Waals surface area contributed by atoms with Gasteiger partial charge in [-0.05, 0) is 31.9 Å². The SMILES string of the molecule is CSC1(CNC2CC(=O)N(C3CCCCCC3)C2=O)CC1. The number of rotatable bonds is 5. The van der Waals surface area contributed by atoms with E-state index in [2.05, 4.69) is 11.6 Å². The quantitative estimate of drug-likeness (QED) is 0.625. The molecular weight excluding hydrogens is 284 g/mol. The zero-order valence-corrected chi connectivity index (χ0v) is 13.7. The summed E-state index contributed by atoms with van der Waals surface area (Å²) in [4.78, 5) is 26.5. The first-order valence-corrected chi connectivity index (χ1v) is 9.52. The maximum Gasteiger partial charge on any atom is 0.247 e. The van der Waals surface area contributed by atoms with Crippen LogP contribution in [0.2, 0.25) is 0 Å². The van der Waals surface area contributed by atoms with E-state index in [1.54, 1.807) is 4.90 Å². The molecule has 1 saturated heterocycles. The van der Waals surface area contributed by atoms with Gasteiger partial charge in [0.25, 0.3) is 0 Å². The summed E-state index contributed by atoms with van der Waals surface area (Å²) >= 11 is 1.88. The van der Waals surface area contributed by atoms with Crippen LogP contribution in [0.5, 0.6) is 0 Å². The largest absolute Gasteiger partial charge is 0.304 e. The number of likely N-dealkylation sites (tertiary alicyclic amines) is 1. The second-order valence-corrected chi connectivity index (χ2v) is 8.05. The lowest BCUT2D eigenvalue weighted by Crippen LogP contribution is -2.45. The summed E-state index contributed by atoms with van der Waals surface area (Å²) in [5, 5.41) is 3.37. The molecule has 21 heavy (non-hydrogen) atoms. The van der Waals surface area contributed by atoms with Gasteiger partial charge in [0, 0.05) is 17.3 Å². The molecule has 5 heteroatoms. The van der Waals surface area contributed by atoms with E-state index in [4.69, 9.17) is 0 Å². The van der Waals surface area contributed by atoms with Crippen LogP contribution in [0.4, 0.5) is 0 Å². The van der Waals surface area contributed by atoms with E-state index in [-0.39, 0.29) is 23.9 Å². The van der Waals surface area contributed by atoms with Crippen molar-refractivity contribution < 1.29 is 9.59 Å². The molecule has 1 heterocycles. The van der Waals surface area contributed by atoms with Gasteiger partial charge in [-0.1, -0.05) is 25.7 Å². The predicted molar refractivity (Wildman–Crippen MR) is 85.2 cm³/mol. The highest BCUT2D eigenvalue weighted by molar-refractivity contribution is 8.00. The smallest absolute Gasteiger partial charge is 0.247 e. The molecule has 0 radical (unpaired) electrons. The van der Waals surface area contributed by atoms with Crippen molar-refractivity contribution in [2.45, 2.75) is 74.6 Å². The molecule has 3 aliphatic rings. The molecular formula is C16H26N2O2S. The first-order valence-electron chi connectivity index (χ1n) is 8.30. The molecule has 2 amide bonds. The first-order chi connectivity index (χ1) is 10.2. The monoisotopic (exact) mass is 310 g/mol. The second-order valence-electron chi connectivity index (χ2n) is 6.77. The second kappa shape index (κ2) is 6.29. The fourth-order valence-electron chi connectivity index (χ4n) is 3.61. The summed E-state index contributed by atoms with van der Waals surface area (Å²) in [6.45, 7) is 0.857. The summed E-state index contributed by atoms with van der Waals surface area (Å²) in [6, 6.07) is -0.111. The van der Waals surface area contributed by atoms with Gasteiger partial charge in [-0.3, -0.25) is 14.5 Å². The highest BCUT2D eigenvalue weighted by Gasteiger charge is 2.46. The molecule has 4 nitrogen and oxygen atoms in total. The minimum absolute atomic E-state index is 0.0313. The lowest BCUT2D eigenvalue weighted by molar-refractivity contribution is -0.141. The zero-order chi connectivity index (χ0) is 14.9. The Kier molecular flexibility index (Phi) is 4.60. The van der Waals surface area contributed by atoms with Gasteiger partial charge in [0.15, 0.2) is 0 Å². The van der Waals surface area contributed by atoms with E-state index >= 15 is 0 Å². The minimum atomic E-state index is -0.273. The zero-order valence-electron chi connectivity index (χ0n) is 12.9. The molecule has 0 aromatic rings. The summed E-state index contributed by atoms with van der Waals surface area (Å²) in [5.74, 6) is 0.0715. The van der Waals surface area contributed by atoms with E-state index in [1.165, 1.54) is 25.7 Å². The van der Waals surface area contributed by atoms with Gasteiger partial charge in [-0.2, -0.15) is 11.8 Å². The van der Waals surface area contributed by atoms with Crippen LogP contribution in [0.25, 0.3) is 0 Å². The molecule has 0 spiro atoms. The van der Waals surface area contributed by atoms with Crippen LogP contribution < -0.4 is 5.32 Å². The fourth-order valence-corrected chi connectivity index (χ4v) is 4.35. The van der Waals surface area contributed by atoms with Crippen molar-refractivity contribution in [2.24, 2.45) is 0 Å². The minimum Gasteiger partial charge on any atom is -0.304 e. The predicted octanol–water partition coefficient (Wildman–Crippen LogP) is 2.32. The number of hydrogen-bond donors (Lipinski definition) is 1. The highest BCUT2D eigenvalue weighted by atomic mass is 32.2. The van der Waals surface area contributed by atoms with Crippen molar-refractivity contribution in [2.75, 3.05) is 12.8 Å². The molecule has 3 rings (SSSR count). The fraction of sp³-hybridized carbons (Fsp3) is 0.875. The molecule has 0 bridgehead atoms. The van der Waals surface area contributed by atoms with Crippen LogP contribution in [0.1, 0.15) is 57.8 Å². The van der Waals surface area contributed by atoms with Crippen molar-refractivity contribution in [3.63, 3.8) is 0 Å². The van der Waals surface area contributed by atoms with Gasteiger partial charge in [-0.25, -0.2) is 0 Å². The molecule has 3 fully saturated rings. The van der Waals surface area contributed by atoms with Gasteiger partial charge >= 0.3 is 0 Å². The van der Waals surface area contributed by atoms with Crippen LogP contribution in [-0.4, -0.2) is 46.3 Å². The normalized spacial score (nSPS) is 29.8. The number of carbonyl (C=O) groups is 2. The molecule has 0 aromatic carbocycles. The molecule has 2 aliphatic carbocycles. The third-order valence-corrected chi connectivity index (χ3v) is 6.70. The third-order valence-electron chi connectivity index (χ3n) is 5.28. The Morgan fingerprint density at radius 2 is 1.86 bits per heavy atom. The van der Waals surface area contributed by atoms with Crippen LogP contribution in [0, 0.1) is 0 Å². The molecule has 1 N–H and O–H groups in total. The van der Waals surface area contributed by atoms with Crippen LogP contribution >= 0.6 is 11.8 Å². The Bertz CT molecular complexity index is 415. The Labute approximate surface area is 131 Å². The Morgan fingerprint density at radius 1 is 1.19 bits per heavy atom. The molecule has 1 aliphatic heterocycles. The molecule has 1 atom stereocenters. The number of nitrogens with one attached hydrogen (secondary N) is 1. The van der Waals surface area contributed by atoms with E-state index in [9.17, 15) is 9.59 Å². The van der Waals surface area contributed by atoms with E-state index in [1.807, 2.05) is 11.8 Å². The van der Waals surface area contributed by atoms with Crippen LogP contribution in [-0.2, 0) is 9.59 Å². The summed E-state index contributed by atoms with van der Waals surface area (Å²) in [7, 11) is 0. The van der Waals surface area contributed by atoms with Crippen LogP contribution in [0.3, 0.4) is 0 Å². The topological polar surface area (TPSA) is 49.4 Å². The van der Waals surface area contributed by atoms with E-state index in [0.717, 1.165) is 32.2 Å². The Morgan fingerprint density at radius 3 is 2.43 bits per heavy atom. The lowest BCUT2D eigenvalue weighted by atomic mass is 10.1. The molecule has 0 aromatic heterocycles. The van der Waals surface area contributed by atoms with Crippen molar-refractivity contribution in [3.05, 3.63) is 0 Å². The Hall–Kier alpha value is -0.550. The van der Waals surface area contributed by atoms with E-state index in [0.29, 0.717) is 11.2 Å². The van der Waals surface area contributed by atoms with Gasteiger partial charge in [-0.15, -0.1) is 0 Å². The summed E-state index contributed by atoms with van der Waals surface area (Å²) < 4.78 is 0.332. The lowest BCUT2D eigenvalue weighted by Gasteiger charge is -2.25. The number of carbonyl (C=O) groups excluding carboxylic acids is 2.